The zero-order valence-corrected chi connectivity index (χ0v) is 17.6. The van der Waals surface area contributed by atoms with Crippen molar-refractivity contribution in [3.05, 3.63) is 57.6 Å². The summed E-state index contributed by atoms with van der Waals surface area (Å²) in [5.41, 5.74) is 2.53. The van der Waals surface area contributed by atoms with Gasteiger partial charge in [-0.1, -0.05) is 39.8 Å². The zero-order valence-electron chi connectivity index (χ0n) is 17.6. The third kappa shape index (κ3) is 4.62. The van der Waals surface area contributed by atoms with Gasteiger partial charge >= 0.3 is 18.1 Å². The average molecular weight is 414 g/mol. The van der Waals surface area contributed by atoms with E-state index in [9.17, 15) is 24.6 Å². The fourth-order valence-electron chi connectivity index (χ4n) is 3.42. The third-order valence-electron chi connectivity index (χ3n) is 5.02. The molecule has 0 aliphatic rings. The van der Waals surface area contributed by atoms with E-state index < -0.39 is 18.1 Å². The van der Waals surface area contributed by atoms with Gasteiger partial charge in [-0.2, -0.15) is 0 Å². The highest BCUT2D eigenvalue weighted by Crippen LogP contribution is 2.29. The van der Waals surface area contributed by atoms with E-state index in [2.05, 4.69) is 9.47 Å². The molecule has 2 N–H and O–H groups in total. The van der Waals surface area contributed by atoms with Gasteiger partial charge in [0.2, 0.25) is 0 Å². The first-order valence-corrected chi connectivity index (χ1v) is 9.94. The zero-order chi connectivity index (χ0) is 22.4. The summed E-state index contributed by atoms with van der Waals surface area (Å²) in [7, 11) is 0. The lowest BCUT2D eigenvalue weighted by Crippen LogP contribution is -2.19. The van der Waals surface area contributed by atoms with Gasteiger partial charge in [-0.15, -0.1) is 0 Å². The van der Waals surface area contributed by atoms with Crippen LogP contribution in [0.3, 0.4) is 0 Å². The number of esters is 2. The van der Waals surface area contributed by atoms with E-state index in [0.29, 0.717) is 36.8 Å². The van der Waals surface area contributed by atoms with Crippen LogP contribution in [-0.4, -0.2) is 28.3 Å². The number of carbonyl (C=O) groups is 3. The third-order valence-corrected chi connectivity index (χ3v) is 5.02. The number of hydrogen-bond donors (Lipinski definition) is 2. The van der Waals surface area contributed by atoms with Gasteiger partial charge in [0, 0.05) is 0 Å². The Hall–Kier alpha value is -3.35. The van der Waals surface area contributed by atoms with Gasteiger partial charge in [-0.3, -0.25) is 0 Å². The van der Waals surface area contributed by atoms with E-state index in [1.54, 1.807) is 12.1 Å². The van der Waals surface area contributed by atoms with Gasteiger partial charge in [0.15, 0.2) is 0 Å². The molecular formula is C23H26O7. The van der Waals surface area contributed by atoms with Crippen LogP contribution in [0.2, 0.25) is 0 Å². The molecule has 2 rings (SSSR count). The number of benzene rings is 2. The van der Waals surface area contributed by atoms with Crippen LogP contribution >= 0.6 is 0 Å². The minimum absolute atomic E-state index is 0.197. The Balaban J connectivity index is 2.16. The van der Waals surface area contributed by atoms with Crippen LogP contribution < -0.4 is 0 Å². The summed E-state index contributed by atoms with van der Waals surface area (Å²) >= 11 is 0. The summed E-state index contributed by atoms with van der Waals surface area (Å²) in [6.45, 7) is 7.50. The normalized spacial score (nSPS) is 10.5. The highest BCUT2D eigenvalue weighted by Gasteiger charge is 2.25. The van der Waals surface area contributed by atoms with Crippen molar-refractivity contribution >= 4 is 18.1 Å². The van der Waals surface area contributed by atoms with E-state index in [4.69, 9.17) is 0 Å². The van der Waals surface area contributed by atoms with Crippen LogP contribution in [0, 0.1) is 0 Å². The number of phenols is 2. The van der Waals surface area contributed by atoms with Crippen LogP contribution in [0.1, 0.15) is 70.7 Å². The molecule has 160 valence electrons. The number of aryl methyl sites for hydroxylation is 2. The maximum atomic E-state index is 12.3. The number of hydrogen-bond acceptors (Lipinski definition) is 7. The molecular weight excluding hydrogens is 388 g/mol. The Morgan fingerprint density at radius 2 is 1.03 bits per heavy atom. The SMILES string of the molecule is CCc1ccc(C(=O)OC(=O)OC(=O)c2ccc(CC)c(CC)c2O)c(O)c1CC. The summed E-state index contributed by atoms with van der Waals surface area (Å²) in [5.74, 6) is -2.80. The second-order valence-corrected chi connectivity index (χ2v) is 6.64. The maximum absolute atomic E-state index is 12.3. The summed E-state index contributed by atoms with van der Waals surface area (Å²) in [5, 5.41) is 20.7. The first kappa shape index (κ1) is 22.9. The van der Waals surface area contributed by atoms with Crippen molar-refractivity contribution in [2.24, 2.45) is 0 Å². The largest absolute Gasteiger partial charge is 0.524 e. The molecule has 0 saturated carbocycles. The average Bonchev–Trinajstić information content (AvgIpc) is 2.72. The van der Waals surface area contributed by atoms with Gasteiger partial charge in [0.05, 0.1) is 0 Å². The Labute approximate surface area is 175 Å². The maximum Gasteiger partial charge on any atom is 0.524 e. The Bertz CT molecular complexity index is 899. The van der Waals surface area contributed by atoms with Gasteiger partial charge in [-0.25, -0.2) is 14.4 Å². The first-order valence-electron chi connectivity index (χ1n) is 9.94. The van der Waals surface area contributed by atoms with Crippen molar-refractivity contribution < 1.29 is 34.1 Å². The molecule has 0 spiro atoms. The van der Waals surface area contributed by atoms with Gasteiger partial charge in [-0.05, 0) is 60.1 Å². The molecule has 0 aromatic heterocycles. The van der Waals surface area contributed by atoms with E-state index in [-0.39, 0.29) is 22.6 Å². The quantitative estimate of drug-likeness (QED) is 0.529. The molecule has 0 amide bonds. The predicted octanol–water partition coefficient (Wildman–Crippen LogP) is 4.48. The van der Waals surface area contributed by atoms with Crippen molar-refractivity contribution in [2.75, 3.05) is 0 Å². The highest BCUT2D eigenvalue weighted by molar-refractivity contribution is 6.02. The van der Waals surface area contributed by atoms with Gasteiger partial charge in [0.25, 0.3) is 0 Å². The molecule has 2 aromatic carbocycles. The van der Waals surface area contributed by atoms with Crippen molar-refractivity contribution in [3.63, 3.8) is 0 Å². The minimum Gasteiger partial charge on any atom is -0.507 e. The van der Waals surface area contributed by atoms with Crippen LogP contribution in [0.15, 0.2) is 24.3 Å². The van der Waals surface area contributed by atoms with E-state index >= 15 is 0 Å². The van der Waals surface area contributed by atoms with Crippen LogP contribution in [0.4, 0.5) is 4.79 Å². The fraction of sp³-hybridized carbons (Fsp3) is 0.348. The van der Waals surface area contributed by atoms with Crippen molar-refractivity contribution in [1.82, 2.24) is 0 Å². The standard InChI is InChI=1S/C23H26O7/c1-5-13-9-11-17(19(24)15(13)7-3)21(26)29-23(28)30-22(27)18-12-10-14(6-2)16(8-4)20(18)25/h9-12,24-25H,5-8H2,1-4H3. The predicted molar refractivity (Wildman–Crippen MR) is 110 cm³/mol. The number of rotatable bonds is 6. The van der Waals surface area contributed by atoms with E-state index in [1.165, 1.54) is 12.1 Å². The minimum atomic E-state index is -1.54. The lowest BCUT2D eigenvalue weighted by molar-refractivity contribution is 0.0335. The molecule has 0 aliphatic carbocycles. The summed E-state index contributed by atoms with van der Waals surface area (Å²) in [6, 6.07) is 6.05. The van der Waals surface area contributed by atoms with Gasteiger partial charge < -0.3 is 19.7 Å². The molecule has 0 fully saturated rings. The topological polar surface area (TPSA) is 110 Å². The number of carbonyl (C=O) groups excluding carboxylic acids is 3. The number of ether oxygens (including phenoxy) is 2. The number of aromatic hydroxyl groups is 2. The summed E-state index contributed by atoms with van der Waals surface area (Å²) < 4.78 is 9.12. The van der Waals surface area contributed by atoms with E-state index in [1.807, 2.05) is 27.7 Å². The van der Waals surface area contributed by atoms with Crippen molar-refractivity contribution in [3.8, 4) is 11.5 Å². The van der Waals surface area contributed by atoms with Crippen molar-refractivity contribution in [2.45, 2.75) is 53.4 Å². The fourth-order valence-corrected chi connectivity index (χ4v) is 3.42. The molecule has 0 heterocycles. The van der Waals surface area contributed by atoms with Crippen LogP contribution in [0.5, 0.6) is 11.5 Å². The molecule has 0 aliphatic heterocycles. The van der Waals surface area contributed by atoms with Crippen LogP contribution in [-0.2, 0) is 35.2 Å². The molecule has 0 saturated heterocycles. The molecule has 7 heteroatoms. The summed E-state index contributed by atoms with van der Waals surface area (Å²) in [6.07, 6.45) is 0.780. The lowest BCUT2D eigenvalue weighted by atomic mass is 9.98. The van der Waals surface area contributed by atoms with Crippen molar-refractivity contribution in [1.29, 1.82) is 0 Å². The Morgan fingerprint density at radius 3 is 1.33 bits per heavy atom. The monoisotopic (exact) mass is 414 g/mol. The first-order chi connectivity index (χ1) is 14.3. The molecule has 0 radical (unpaired) electrons. The Kier molecular flexibility index (Phi) is 7.58. The molecule has 0 unspecified atom stereocenters. The molecule has 30 heavy (non-hydrogen) atoms. The second kappa shape index (κ2) is 9.91. The molecule has 0 bridgehead atoms. The number of phenolic OH excluding ortho intramolecular Hbond substituents is 2. The van der Waals surface area contributed by atoms with Gasteiger partial charge in [0.1, 0.15) is 22.6 Å². The molecule has 0 atom stereocenters. The lowest BCUT2D eigenvalue weighted by Gasteiger charge is -2.13. The summed E-state index contributed by atoms with van der Waals surface area (Å²) in [4.78, 5) is 36.5. The molecule has 2 aromatic rings. The highest BCUT2D eigenvalue weighted by atomic mass is 16.8. The van der Waals surface area contributed by atoms with E-state index in [0.717, 1.165) is 11.1 Å². The second-order valence-electron chi connectivity index (χ2n) is 6.64. The smallest absolute Gasteiger partial charge is 0.507 e. The Morgan fingerprint density at radius 1 is 0.667 bits per heavy atom. The van der Waals surface area contributed by atoms with Crippen LogP contribution in [0.25, 0.3) is 0 Å². The molecule has 7 nitrogen and oxygen atoms in total.